The lowest BCUT2D eigenvalue weighted by Gasteiger charge is -2.45. The Morgan fingerprint density at radius 3 is 2.41 bits per heavy atom. The number of fused-ring (bicyclic) bond motifs is 2. The van der Waals surface area contributed by atoms with Gasteiger partial charge in [-0.15, -0.1) is 0 Å². The molecule has 0 heterocycles. The second kappa shape index (κ2) is 3.41. The minimum absolute atomic E-state index is 0.0432. The lowest BCUT2D eigenvalue weighted by atomic mass is 9.58. The smallest absolute Gasteiger partial charge is 0.0438 e. The third-order valence-corrected chi connectivity index (χ3v) is 5.69. The van der Waals surface area contributed by atoms with Crippen LogP contribution in [0.15, 0.2) is 72.8 Å². The molecule has 102 valence electrons. The molecule has 0 heteroatoms. The van der Waals surface area contributed by atoms with E-state index in [2.05, 4.69) is 72.8 Å². The van der Waals surface area contributed by atoms with Gasteiger partial charge in [0.1, 0.15) is 0 Å². The Morgan fingerprint density at radius 2 is 1.55 bits per heavy atom. The van der Waals surface area contributed by atoms with Crippen LogP contribution in [0.4, 0.5) is 0 Å². The van der Waals surface area contributed by atoms with Crippen molar-refractivity contribution in [3.05, 3.63) is 89.5 Å². The number of allylic oxidation sites excluding steroid dienone is 4. The molecule has 0 aromatic heterocycles. The van der Waals surface area contributed by atoms with Gasteiger partial charge in [0.25, 0.3) is 0 Å². The number of rotatable bonds is 0. The Balaban J connectivity index is 1.94. The van der Waals surface area contributed by atoms with Gasteiger partial charge >= 0.3 is 0 Å². The summed E-state index contributed by atoms with van der Waals surface area (Å²) in [5.74, 6) is 0. The van der Waals surface area contributed by atoms with Gasteiger partial charge in [-0.1, -0.05) is 72.8 Å². The van der Waals surface area contributed by atoms with Crippen molar-refractivity contribution in [2.75, 3.05) is 0 Å². The second-order valence-electron chi connectivity index (χ2n) is 6.61. The molecule has 3 aromatic rings. The molecule has 0 nitrogen and oxygen atoms in total. The summed E-state index contributed by atoms with van der Waals surface area (Å²) in [6.45, 7) is 0. The van der Waals surface area contributed by atoms with E-state index in [9.17, 15) is 0 Å². The first-order valence-corrected chi connectivity index (χ1v) is 7.94. The van der Waals surface area contributed by atoms with Crippen LogP contribution in [0.1, 0.15) is 23.1 Å². The summed E-state index contributed by atoms with van der Waals surface area (Å²) < 4.78 is 0. The van der Waals surface area contributed by atoms with Crippen LogP contribution >= 0.6 is 0 Å². The van der Waals surface area contributed by atoms with Gasteiger partial charge in [-0.25, -0.2) is 0 Å². The van der Waals surface area contributed by atoms with Crippen LogP contribution in [-0.2, 0) is 5.41 Å². The maximum Gasteiger partial charge on any atom is 0.0438 e. The molecule has 0 saturated heterocycles. The number of hydrogen-bond acceptors (Lipinski definition) is 0. The quantitative estimate of drug-likeness (QED) is 0.512. The molecule has 1 atom stereocenters. The zero-order valence-electron chi connectivity index (χ0n) is 12.1. The van der Waals surface area contributed by atoms with E-state index in [1.165, 1.54) is 44.2 Å². The Kier molecular flexibility index (Phi) is 1.71. The van der Waals surface area contributed by atoms with Gasteiger partial charge in [0, 0.05) is 5.41 Å². The normalized spacial score (nSPS) is 22.6. The van der Waals surface area contributed by atoms with Gasteiger partial charge in [-0.05, 0) is 50.6 Å². The van der Waals surface area contributed by atoms with E-state index >= 15 is 0 Å². The van der Waals surface area contributed by atoms with Gasteiger partial charge in [0.05, 0.1) is 0 Å². The molecule has 1 unspecified atom stereocenters. The zero-order chi connectivity index (χ0) is 14.3. The van der Waals surface area contributed by atoms with Crippen molar-refractivity contribution in [1.82, 2.24) is 0 Å². The first-order valence-electron chi connectivity index (χ1n) is 7.94. The number of benzene rings is 3. The molecule has 0 aliphatic heterocycles. The third-order valence-electron chi connectivity index (χ3n) is 5.69. The van der Waals surface area contributed by atoms with E-state index in [4.69, 9.17) is 0 Å². The van der Waals surface area contributed by atoms with E-state index in [1.54, 1.807) is 0 Å². The molecule has 0 N–H and O–H groups in total. The number of hydrogen-bond donors (Lipinski definition) is 0. The van der Waals surface area contributed by atoms with Crippen molar-refractivity contribution < 1.29 is 0 Å². The SMILES string of the molecule is C1=CC23CC=C1c1cccc(c12)-c1cccc2cccc3c12. The molecule has 0 saturated carbocycles. The van der Waals surface area contributed by atoms with Crippen LogP contribution in [0.2, 0.25) is 0 Å². The summed E-state index contributed by atoms with van der Waals surface area (Å²) in [5.41, 5.74) is 8.70. The van der Waals surface area contributed by atoms with Crippen LogP contribution in [0.5, 0.6) is 0 Å². The Bertz CT molecular complexity index is 1040. The first kappa shape index (κ1) is 11.0. The topological polar surface area (TPSA) is 0 Å². The maximum atomic E-state index is 2.44. The summed E-state index contributed by atoms with van der Waals surface area (Å²) in [6, 6.07) is 20.3. The van der Waals surface area contributed by atoms with E-state index in [0.717, 1.165) is 6.42 Å². The fraction of sp³-hybridized carbons (Fsp3) is 0.0909. The molecular weight excluding hydrogens is 264 g/mol. The predicted molar refractivity (Wildman–Crippen MR) is 91.9 cm³/mol. The van der Waals surface area contributed by atoms with Crippen molar-refractivity contribution in [1.29, 1.82) is 0 Å². The van der Waals surface area contributed by atoms with Crippen molar-refractivity contribution in [2.45, 2.75) is 11.8 Å². The first-order chi connectivity index (χ1) is 10.9. The van der Waals surface area contributed by atoms with Crippen LogP contribution in [0, 0.1) is 0 Å². The van der Waals surface area contributed by atoms with Crippen LogP contribution in [0.25, 0.3) is 27.5 Å². The minimum Gasteiger partial charge on any atom is -0.0751 e. The summed E-state index contributed by atoms with van der Waals surface area (Å²) >= 11 is 0. The van der Waals surface area contributed by atoms with Gasteiger partial charge in [-0.2, -0.15) is 0 Å². The second-order valence-corrected chi connectivity index (χ2v) is 6.61. The largest absolute Gasteiger partial charge is 0.0751 e. The Morgan fingerprint density at radius 1 is 0.773 bits per heavy atom. The fourth-order valence-corrected chi connectivity index (χ4v) is 4.79. The summed E-state index contributed by atoms with van der Waals surface area (Å²) in [6.07, 6.45) is 8.27. The van der Waals surface area contributed by atoms with Gasteiger partial charge in [0.2, 0.25) is 0 Å². The standard InChI is InChI=1S/C22H14/c1-4-15-5-2-9-19-20(15)17(7-1)18-8-3-6-16-14-10-12-22(19,13-11-14)21(16)18/h1-12H,13H2. The summed E-state index contributed by atoms with van der Waals surface area (Å²) in [5, 5.41) is 2.80. The van der Waals surface area contributed by atoms with Crippen molar-refractivity contribution in [3.8, 4) is 11.1 Å². The lowest BCUT2D eigenvalue weighted by Crippen LogP contribution is -2.34. The molecule has 7 rings (SSSR count). The highest BCUT2D eigenvalue weighted by atomic mass is 14.5. The molecule has 4 aliphatic carbocycles. The van der Waals surface area contributed by atoms with Gasteiger partial charge in [0.15, 0.2) is 0 Å². The molecule has 22 heavy (non-hydrogen) atoms. The summed E-state index contributed by atoms with van der Waals surface area (Å²) in [4.78, 5) is 0. The molecule has 1 spiro atoms. The zero-order valence-corrected chi connectivity index (χ0v) is 12.1. The highest BCUT2D eigenvalue weighted by molar-refractivity contribution is 6.06. The molecule has 0 radical (unpaired) electrons. The van der Waals surface area contributed by atoms with E-state index in [-0.39, 0.29) is 5.41 Å². The highest BCUT2D eigenvalue weighted by Gasteiger charge is 2.44. The van der Waals surface area contributed by atoms with Crippen LogP contribution in [-0.4, -0.2) is 0 Å². The average Bonchev–Trinajstić information content (AvgIpc) is 2.60. The van der Waals surface area contributed by atoms with Gasteiger partial charge < -0.3 is 0 Å². The maximum absolute atomic E-state index is 2.44. The summed E-state index contributed by atoms with van der Waals surface area (Å²) in [7, 11) is 0. The van der Waals surface area contributed by atoms with E-state index in [1.807, 2.05) is 0 Å². The fourth-order valence-electron chi connectivity index (χ4n) is 4.79. The predicted octanol–water partition coefficient (Wildman–Crippen LogP) is 5.46. The average molecular weight is 278 g/mol. The van der Waals surface area contributed by atoms with Gasteiger partial charge in [-0.3, -0.25) is 0 Å². The molecule has 0 fully saturated rings. The van der Waals surface area contributed by atoms with Crippen LogP contribution in [0.3, 0.4) is 0 Å². The van der Waals surface area contributed by atoms with Crippen molar-refractivity contribution in [2.24, 2.45) is 0 Å². The minimum atomic E-state index is 0.0432. The Labute approximate surface area is 129 Å². The van der Waals surface area contributed by atoms with E-state index in [0.29, 0.717) is 0 Å². The molecule has 2 bridgehead atoms. The molecular formula is C22H14. The Hall–Kier alpha value is -2.60. The monoisotopic (exact) mass is 278 g/mol. The third kappa shape index (κ3) is 1.03. The van der Waals surface area contributed by atoms with Crippen molar-refractivity contribution >= 4 is 16.3 Å². The molecule has 0 amide bonds. The highest BCUT2D eigenvalue weighted by Crippen LogP contribution is 2.57. The molecule has 4 aliphatic rings. The lowest BCUT2D eigenvalue weighted by molar-refractivity contribution is 0.640. The molecule has 3 aromatic carbocycles. The van der Waals surface area contributed by atoms with E-state index < -0.39 is 0 Å². The van der Waals surface area contributed by atoms with Crippen molar-refractivity contribution in [3.63, 3.8) is 0 Å². The van der Waals surface area contributed by atoms with Crippen LogP contribution < -0.4 is 0 Å².